The molecule has 4 rings (SSSR count). The highest BCUT2D eigenvalue weighted by Gasteiger charge is 2.25. The van der Waals surface area contributed by atoms with Crippen molar-refractivity contribution < 1.29 is 14.0 Å². The molecule has 6 heteroatoms. The summed E-state index contributed by atoms with van der Waals surface area (Å²) in [6.45, 7) is 4.68. The van der Waals surface area contributed by atoms with Gasteiger partial charge < -0.3 is 19.5 Å². The molecule has 2 amide bonds. The van der Waals surface area contributed by atoms with Crippen LogP contribution in [0.3, 0.4) is 0 Å². The molecule has 31 heavy (non-hydrogen) atoms. The molecule has 1 aromatic heterocycles. The number of nitrogens with zero attached hydrogens (tertiary/aromatic N) is 2. The third-order valence-corrected chi connectivity index (χ3v) is 5.28. The van der Waals surface area contributed by atoms with Gasteiger partial charge in [-0.15, -0.1) is 0 Å². The Morgan fingerprint density at radius 3 is 2.39 bits per heavy atom. The highest BCUT2D eigenvalue weighted by atomic mass is 16.3. The van der Waals surface area contributed by atoms with Crippen molar-refractivity contribution in [1.82, 2.24) is 10.2 Å². The van der Waals surface area contributed by atoms with Gasteiger partial charge in [0.25, 0.3) is 11.8 Å². The number of carbonyl (C=O) groups is 2. The summed E-state index contributed by atoms with van der Waals surface area (Å²) in [6, 6.07) is 20.7. The van der Waals surface area contributed by atoms with E-state index >= 15 is 0 Å². The number of hydrogen-bond donors (Lipinski definition) is 1. The summed E-state index contributed by atoms with van der Waals surface area (Å²) in [5.41, 5.74) is 3.07. The van der Waals surface area contributed by atoms with Crippen molar-refractivity contribution in [3.63, 3.8) is 0 Å². The second kappa shape index (κ2) is 9.34. The maximum atomic E-state index is 13.3. The number of benzene rings is 2. The van der Waals surface area contributed by atoms with Crippen molar-refractivity contribution in [3.8, 4) is 0 Å². The van der Waals surface area contributed by atoms with E-state index in [-0.39, 0.29) is 17.5 Å². The molecule has 158 valence electrons. The van der Waals surface area contributed by atoms with E-state index < -0.39 is 0 Å². The minimum absolute atomic E-state index is 0.202. The van der Waals surface area contributed by atoms with Gasteiger partial charge in [0, 0.05) is 43.5 Å². The number of piperazine rings is 1. The smallest absolute Gasteiger partial charge is 0.270 e. The second-order valence-electron chi connectivity index (χ2n) is 7.51. The normalized spacial score (nSPS) is 14.4. The number of anilines is 1. The van der Waals surface area contributed by atoms with Crippen molar-refractivity contribution in [1.29, 1.82) is 0 Å². The van der Waals surface area contributed by atoms with E-state index in [1.807, 2.05) is 12.1 Å². The Bertz CT molecular complexity index is 1070. The molecule has 1 N–H and O–H groups in total. The molecule has 2 heterocycles. The highest BCUT2D eigenvalue weighted by Crippen LogP contribution is 2.19. The largest absolute Gasteiger partial charge is 0.465 e. The summed E-state index contributed by atoms with van der Waals surface area (Å²) in [4.78, 5) is 30.0. The van der Waals surface area contributed by atoms with Crippen molar-refractivity contribution in [3.05, 3.63) is 95.6 Å². The molecule has 3 aromatic rings. The van der Waals surface area contributed by atoms with Gasteiger partial charge in [-0.2, -0.15) is 0 Å². The fraction of sp³-hybridized carbons (Fsp3) is 0.200. The zero-order valence-electron chi connectivity index (χ0n) is 17.5. The lowest BCUT2D eigenvalue weighted by atomic mass is 10.1. The number of furan rings is 1. The predicted molar refractivity (Wildman–Crippen MR) is 121 cm³/mol. The standard InChI is InChI=1S/C25H25N3O3/c1-19-7-5-10-21(17-19)27-12-14-28(15-13-27)25(30)23(18-22-11-6-16-31-22)26-24(29)20-8-3-2-4-9-20/h2-11,16-18H,12-15H2,1H3,(H,26,29)/b23-18-. The van der Waals surface area contributed by atoms with E-state index in [0.29, 0.717) is 24.4 Å². The molecule has 0 spiro atoms. The van der Waals surface area contributed by atoms with Gasteiger partial charge >= 0.3 is 0 Å². The number of hydrogen-bond acceptors (Lipinski definition) is 4. The monoisotopic (exact) mass is 415 g/mol. The second-order valence-corrected chi connectivity index (χ2v) is 7.51. The van der Waals surface area contributed by atoms with Crippen molar-refractivity contribution in [2.75, 3.05) is 31.1 Å². The van der Waals surface area contributed by atoms with Crippen LogP contribution >= 0.6 is 0 Å². The quantitative estimate of drug-likeness (QED) is 0.645. The van der Waals surface area contributed by atoms with E-state index in [4.69, 9.17) is 4.42 Å². The minimum atomic E-state index is -0.329. The van der Waals surface area contributed by atoms with Gasteiger partial charge in [-0.25, -0.2) is 0 Å². The lowest BCUT2D eigenvalue weighted by Crippen LogP contribution is -2.50. The van der Waals surface area contributed by atoms with Gasteiger partial charge in [0.2, 0.25) is 0 Å². The van der Waals surface area contributed by atoms with Gasteiger partial charge in [0.15, 0.2) is 0 Å². The van der Waals surface area contributed by atoms with Gasteiger partial charge in [0.1, 0.15) is 11.5 Å². The molecular formula is C25H25N3O3. The molecule has 1 saturated heterocycles. The average Bonchev–Trinajstić information content (AvgIpc) is 3.32. The van der Waals surface area contributed by atoms with Crippen LogP contribution in [-0.2, 0) is 4.79 Å². The van der Waals surface area contributed by atoms with Crippen LogP contribution in [0.5, 0.6) is 0 Å². The number of amides is 2. The van der Waals surface area contributed by atoms with Gasteiger partial charge in [0.05, 0.1) is 6.26 Å². The Labute approximate surface area is 181 Å². The molecule has 0 saturated carbocycles. The fourth-order valence-corrected chi connectivity index (χ4v) is 3.61. The minimum Gasteiger partial charge on any atom is -0.465 e. The predicted octanol–water partition coefficient (Wildman–Crippen LogP) is 3.71. The zero-order chi connectivity index (χ0) is 21.6. The van der Waals surface area contributed by atoms with Crippen LogP contribution in [0.15, 0.2) is 83.1 Å². The average molecular weight is 415 g/mol. The first-order chi connectivity index (χ1) is 15.1. The maximum Gasteiger partial charge on any atom is 0.270 e. The lowest BCUT2D eigenvalue weighted by molar-refractivity contribution is -0.127. The van der Waals surface area contributed by atoms with Gasteiger partial charge in [-0.1, -0.05) is 30.3 Å². The third kappa shape index (κ3) is 5.04. The molecule has 2 aromatic carbocycles. The summed E-state index contributed by atoms with van der Waals surface area (Å²) >= 11 is 0. The first-order valence-electron chi connectivity index (χ1n) is 10.3. The van der Waals surface area contributed by atoms with Crippen molar-refractivity contribution in [2.24, 2.45) is 0 Å². The van der Waals surface area contributed by atoms with Crippen LogP contribution < -0.4 is 10.2 Å². The first-order valence-corrected chi connectivity index (χ1v) is 10.3. The van der Waals surface area contributed by atoms with E-state index in [9.17, 15) is 9.59 Å². The fourth-order valence-electron chi connectivity index (χ4n) is 3.61. The van der Waals surface area contributed by atoms with E-state index in [1.54, 1.807) is 47.4 Å². The Balaban J connectivity index is 1.48. The molecule has 0 atom stereocenters. The van der Waals surface area contributed by atoms with E-state index in [1.165, 1.54) is 11.8 Å². The van der Waals surface area contributed by atoms with Crippen LogP contribution in [0.4, 0.5) is 5.69 Å². The lowest BCUT2D eigenvalue weighted by Gasteiger charge is -2.36. The summed E-state index contributed by atoms with van der Waals surface area (Å²) in [7, 11) is 0. The van der Waals surface area contributed by atoms with Crippen LogP contribution in [0, 0.1) is 6.92 Å². The Morgan fingerprint density at radius 2 is 1.71 bits per heavy atom. The Kier molecular flexibility index (Phi) is 6.17. The zero-order valence-corrected chi connectivity index (χ0v) is 17.5. The van der Waals surface area contributed by atoms with Crippen LogP contribution in [0.1, 0.15) is 21.7 Å². The number of aryl methyl sites for hydroxylation is 1. The van der Waals surface area contributed by atoms with E-state index in [0.717, 1.165) is 18.8 Å². The molecule has 1 fully saturated rings. The number of rotatable bonds is 5. The molecule has 0 bridgehead atoms. The van der Waals surface area contributed by atoms with E-state index in [2.05, 4.69) is 35.3 Å². The molecule has 0 radical (unpaired) electrons. The number of nitrogens with one attached hydrogen (secondary N) is 1. The maximum absolute atomic E-state index is 13.3. The van der Waals surface area contributed by atoms with Crippen molar-refractivity contribution >= 4 is 23.6 Å². The molecule has 0 unspecified atom stereocenters. The molecule has 0 aliphatic carbocycles. The Hall–Kier alpha value is -3.80. The topological polar surface area (TPSA) is 65.8 Å². The summed E-state index contributed by atoms with van der Waals surface area (Å²) in [6.07, 6.45) is 3.11. The summed E-state index contributed by atoms with van der Waals surface area (Å²) < 4.78 is 5.37. The Morgan fingerprint density at radius 1 is 0.935 bits per heavy atom. The first kappa shape index (κ1) is 20.5. The van der Waals surface area contributed by atoms with Crippen molar-refractivity contribution in [2.45, 2.75) is 6.92 Å². The van der Waals surface area contributed by atoms with Gasteiger partial charge in [-0.05, 0) is 48.9 Å². The van der Waals surface area contributed by atoms with Crippen LogP contribution in [0.2, 0.25) is 0 Å². The molecule has 1 aliphatic rings. The van der Waals surface area contributed by atoms with Crippen LogP contribution in [-0.4, -0.2) is 42.9 Å². The summed E-state index contributed by atoms with van der Waals surface area (Å²) in [5.74, 6) is -0.0372. The number of carbonyl (C=O) groups excluding carboxylic acids is 2. The SMILES string of the molecule is Cc1cccc(N2CCN(C(=O)/C(=C/c3ccco3)NC(=O)c3ccccc3)CC2)c1. The van der Waals surface area contributed by atoms with Crippen LogP contribution in [0.25, 0.3) is 6.08 Å². The van der Waals surface area contributed by atoms with Gasteiger partial charge in [-0.3, -0.25) is 9.59 Å². The highest BCUT2D eigenvalue weighted by molar-refractivity contribution is 6.05. The summed E-state index contributed by atoms with van der Waals surface area (Å²) in [5, 5.41) is 2.78. The molecule has 6 nitrogen and oxygen atoms in total. The third-order valence-electron chi connectivity index (χ3n) is 5.28. The molecule has 1 aliphatic heterocycles. The molecular weight excluding hydrogens is 390 g/mol.